The summed E-state index contributed by atoms with van der Waals surface area (Å²) in [5.41, 5.74) is 7.79. The Morgan fingerprint density at radius 2 is 1.91 bits per heavy atom. The van der Waals surface area contributed by atoms with Crippen LogP contribution in [0.3, 0.4) is 0 Å². The van der Waals surface area contributed by atoms with Gasteiger partial charge >= 0.3 is 0 Å². The molecule has 0 saturated carbocycles. The molecule has 4 aromatic rings. The van der Waals surface area contributed by atoms with Crippen LogP contribution >= 0.6 is 11.6 Å². The second-order valence-corrected chi connectivity index (χ2v) is 7.65. The number of rotatable bonds is 7. The summed E-state index contributed by atoms with van der Waals surface area (Å²) in [5, 5.41) is 3.92. The second-order valence-electron chi connectivity index (χ2n) is 7.27. The highest BCUT2D eigenvalue weighted by Crippen LogP contribution is 2.38. The maximum absolute atomic E-state index is 13.7. The van der Waals surface area contributed by atoms with Crippen molar-refractivity contribution < 1.29 is 9.47 Å². The molecule has 0 radical (unpaired) electrons. The fourth-order valence-corrected chi connectivity index (χ4v) is 3.83. The van der Waals surface area contributed by atoms with Crippen LogP contribution in [-0.2, 0) is 13.0 Å². The van der Waals surface area contributed by atoms with E-state index in [1.165, 1.54) is 7.11 Å². The van der Waals surface area contributed by atoms with Gasteiger partial charge in [-0.3, -0.25) is 9.36 Å². The molecule has 0 unspecified atom stereocenters. The van der Waals surface area contributed by atoms with Crippen LogP contribution in [0.25, 0.3) is 22.2 Å². The first-order chi connectivity index (χ1) is 15.9. The lowest BCUT2D eigenvalue weighted by atomic mass is 10.0. The van der Waals surface area contributed by atoms with Crippen molar-refractivity contribution >= 4 is 34.4 Å². The number of fused-ring (bicyclic) bond motifs is 1. The quantitative estimate of drug-likeness (QED) is 0.425. The average Bonchev–Trinajstić information content (AvgIpc) is 2.84. The highest BCUT2D eigenvalue weighted by atomic mass is 35.5. The van der Waals surface area contributed by atoms with Gasteiger partial charge in [0.25, 0.3) is 5.56 Å². The Hall–Kier alpha value is -3.85. The molecule has 0 fully saturated rings. The topological polar surface area (TPSA) is 117 Å². The van der Waals surface area contributed by atoms with Crippen LogP contribution in [-0.4, -0.2) is 40.8 Å². The first-order valence-corrected chi connectivity index (χ1v) is 10.5. The van der Waals surface area contributed by atoms with Crippen molar-refractivity contribution in [3.63, 3.8) is 0 Å². The zero-order chi connectivity index (χ0) is 23.5. The number of hydrogen-bond donors (Lipinski definition) is 2. The van der Waals surface area contributed by atoms with Crippen molar-refractivity contribution in [1.29, 1.82) is 0 Å². The minimum Gasteiger partial charge on any atom is -0.497 e. The number of aryl methyl sites for hydroxylation is 2. The van der Waals surface area contributed by atoms with E-state index in [0.717, 1.165) is 5.56 Å². The van der Waals surface area contributed by atoms with Crippen LogP contribution in [0.2, 0.25) is 5.02 Å². The number of aromatic nitrogens is 4. The van der Waals surface area contributed by atoms with Crippen molar-refractivity contribution in [3.8, 4) is 22.6 Å². The Bertz CT molecular complexity index is 1370. The number of hydrogen-bond acceptors (Lipinski definition) is 8. The molecule has 0 aliphatic heterocycles. The number of pyridine rings is 2. The number of nitrogens with zero attached hydrogens (tertiary/aromatic N) is 4. The van der Waals surface area contributed by atoms with Crippen LogP contribution in [0, 0.1) is 0 Å². The van der Waals surface area contributed by atoms with Gasteiger partial charge in [-0.1, -0.05) is 17.7 Å². The molecule has 9 nitrogen and oxygen atoms in total. The number of nitrogens with two attached hydrogens (primary N) is 1. The van der Waals surface area contributed by atoms with Gasteiger partial charge in [-0.15, -0.1) is 0 Å². The molecule has 0 atom stereocenters. The number of methoxy groups -OCH3 is 2. The van der Waals surface area contributed by atoms with Gasteiger partial charge in [-0.05, 0) is 30.2 Å². The molecule has 0 saturated heterocycles. The molecule has 3 heterocycles. The van der Waals surface area contributed by atoms with Gasteiger partial charge in [-0.25, -0.2) is 9.97 Å². The van der Waals surface area contributed by atoms with Crippen LogP contribution in [0.4, 0.5) is 11.8 Å². The third kappa shape index (κ3) is 4.40. The molecule has 3 N–H and O–H groups in total. The fraction of sp³-hybridized carbons (Fsp3) is 0.217. The summed E-state index contributed by atoms with van der Waals surface area (Å²) < 4.78 is 12.4. The molecule has 0 aliphatic carbocycles. The minimum atomic E-state index is -0.246. The Kier molecular flexibility index (Phi) is 6.32. The van der Waals surface area contributed by atoms with Crippen LogP contribution < -0.4 is 26.1 Å². The van der Waals surface area contributed by atoms with Gasteiger partial charge in [0.2, 0.25) is 5.95 Å². The molecule has 0 bridgehead atoms. The average molecular weight is 467 g/mol. The van der Waals surface area contributed by atoms with Crippen LogP contribution in [0.15, 0.2) is 47.5 Å². The first kappa shape index (κ1) is 22.3. The van der Waals surface area contributed by atoms with Gasteiger partial charge in [0, 0.05) is 48.6 Å². The van der Waals surface area contributed by atoms with Crippen molar-refractivity contribution in [2.24, 2.45) is 0 Å². The standard InChI is InChI=1S/C23H23ClN6O3/c1-26-23-28-12-14-8-17(16-9-15(32-2)10-18(33-3)20(16)24)22(31)30(21(14)29-23)7-6-13-4-5-19(25)27-11-13/h4-5,8-12H,6-7H2,1-3H3,(H2,25,27)(H,26,28,29). The van der Waals surface area contributed by atoms with Crippen LogP contribution in [0.1, 0.15) is 5.56 Å². The van der Waals surface area contributed by atoms with Gasteiger partial charge in [0.1, 0.15) is 23.0 Å². The summed E-state index contributed by atoms with van der Waals surface area (Å²) >= 11 is 6.59. The number of halogens is 1. The van der Waals surface area contributed by atoms with E-state index in [4.69, 9.17) is 26.8 Å². The monoisotopic (exact) mass is 466 g/mol. The fourth-order valence-electron chi connectivity index (χ4n) is 3.54. The largest absolute Gasteiger partial charge is 0.497 e. The Balaban J connectivity index is 1.91. The minimum absolute atomic E-state index is 0.246. The van der Waals surface area contributed by atoms with Gasteiger partial charge < -0.3 is 20.5 Å². The highest BCUT2D eigenvalue weighted by molar-refractivity contribution is 6.35. The zero-order valence-corrected chi connectivity index (χ0v) is 19.2. The first-order valence-electron chi connectivity index (χ1n) is 10.2. The van der Waals surface area contributed by atoms with Crippen LogP contribution in [0.5, 0.6) is 11.5 Å². The maximum atomic E-state index is 13.7. The van der Waals surface area contributed by atoms with Gasteiger partial charge in [-0.2, -0.15) is 4.98 Å². The number of anilines is 2. The Labute approximate surface area is 195 Å². The van der Waals surface area contributed by atoms with Crippen molar-refractivity contribution in [2.75, 3.05) is 32.3 Å². The van der Waals surface area contributed by atoms with Crippen molar-refractivity contribution in [2.45, 2.75) is 13.0 Å². The molecule has 0 spiro atoms. The van der Waals surface area contributed by atoms with E-state index in [9.17, 15) is 4.79 Å². The Morgan fingerprint density at radius 3 is 2.58 bits per heavy atom. The third-order valence-corrected chi connectivity index (χ3v) is 5.67. The van der Waals surface area contributed by atoms with E-state index in [2.05, 4.69) is 20.3 Å². The van der Waals surface area contributed by atoms with E-state index >= 15 is 0 Å². The highest BCUT2D eigenvalue weighted by Gasteiger charge is 2.19. The predicted octanol–water partition coefficient (Wildman–Crippen LogP) is 3.39. The molecular formula is C23H23ClN6O3. The van der Waals surface area contributed by atoms with Gasteiger partial charge in [0.05, 0.1) is 19.2 Å². The van der Waals surface area contributed by atoms with Crippen molar-refractivity contribution in [3.05, 3.63) is 63.7 Å². The SMILES string of the molecule is CNc1ncc2cc(-c3cc(OC)cc(OC)c3Cl)c(=O)n(CCc3ccc(N)nc3)c2n1. The lowest BCUT2D eigenvalue weighted by molar-refractivity contribution is 0.395. The van der Waals surface area contributed by atoms with E-state index in [0.29, 0.717) is 63.4 Å². The van der Waals surface area contributed by atoms with E-state index in [1.54, 1.807) is 55.4 Å². The lowest BCUT2D eigenvalue weighted by Crippen LogP contribution is -2.24. The number of benzene rings is 1. The third-order valence-electron chi connectivity index (χ3n) is 5.28. The molecular weight excluding hydrogens is 444 g/mol. The molecule has 1 aromatic carbocycles. The summed E-state index contributed by atoms with van der Waals surface area (Å²) in [7, 11) is 4.77. The molecule has 0 aliphatic rings. The zero-order valence-electron chi connectivity index (χ0n) is 18.4. The summed E-state index contributed by atoms with van der Waals surface area (Å²) in [6.45, 7) is 0.369. The molecule has 0 amide bonds. The van der Waals surface area contributed by atoms with E-state index in [-0.39, 0.29) is 5.56 Å². The summed E-state index contributed by atoms with van der Waals surface area (Å²) in [4.78, 5) is 26.7. The number of nitrogen functional groups attached to an aromatic ring is 1. The Morgan fingerprint density at radius 1 is 1.09 bits per heavy atom. The van der Waals surface area contributed by atoms with Gasteiger partial charge in [0.15, 0.2) is 0 Å². The summed E-state index contributed by atoms with van der Waals surface area (Å²) in [6.07, 6.45) is 3.92. The van der Waals surface area contributed by atoms with E-state index in [1.807, 2.05) is 6.07 Å². The molecule has 33 heavy (non-hydrogen) atoms. The van der Waals surface area contributed by atoms with E-state index < -0.39 is 0 Å². The smallest absolute Gasteiger partial charge is 0.260 e. The number of nitrogens with one attached hydrogen (secondary N) is 1. The molecule has 4 rings (SSSR count). The van der Waals surface area contributed by atoms with Crippen molar-refractivity contribution in [1.82, 2.24) is 19.5 Å². The number of ether oxygens (including phenoxy) is 2. The molecule has 170 valence electrons. The maximum Gasteiger partial charge on any atom is 0.260 e. The summed E-state index contributed by atoms with van der Waals surface area (Å²) in [6, 6.07) is 8.73. The lowest BCUT2D eigenvalue weighted by Gasteiger charge is -2.15. The normalized spacial score (nSPS) is 10.9. The molecule has 10 heteroatoms. The molecule has 3 aromatic heterocycles. The predicted molar refractivity (Wildman–Crippen MR) is 129 cm³/mol. The second kappa shape index (κ2) is 9.33. The summed E-state index contributed by atoms with van der Waals surface area (Å²) in [5.74, 6) is 1.79.